The fourth-order valence-corrected chi connectivity index (χ4v) is 2.74. The van der Waals surface area contributed by atoms with Gasteiger partial charge in [-0.25, -0.2) is 0 Å². The number of alkyl halides is 2. The van der Waals surface area contributed by atoms with E-state index in [0.29, 0.717) is 15.6 Å². The van der Waals surface area contributed by atoms with Crippen molar-refractivity contribution in [3.8, 4) is 0 Å². The van der Waals surface area contributed by atoms with E-state index in [-0.39, 0.29) is 11.6 Å². The van der Waals surface area contributed by atoms with Crippen molar-refractivity contribution in [3.63, 3.8) is 0 Å². The summed E-state index contributed by atoms with van der Waals surface area (Å²) in [5.74, 6) is -0.510. The van der Waals surface area contributed by atoms with E-state index in [1.54, 1.807) is 18.2 Å². The van der Waals surface area contributed by atoms with Gasteiger partial charge in [0.1, 0.15) is 0 Å². The zero-order valence-electron chi connectivity index (χ0n) is 6.68. The highest BCUT2D eigenvalue weighted by Gasteiger charge is 2.50. The van der Waals surface area contributed by atoms with Gasteiger partial charge in [0.05, 0.1) is 0 Å². The lowest BCUT2D eigenvalue weighted by atomic mass is 10.1. The molecule has 0 bridgehead atoms. The van der Waals surface area contributed by atoms with Crippen molar-refractivity contribution in [2.24, 2.45) is 0 Å². The van der Waals surface area contributed by atoms with Crippen LogP contribution in [0.1, 0.15) is 20.7 Å². The molecule has 0 amide bonds. The third-order valence-electron chi connectivity index (χ3n) is 2.06. The van der Waals surface area contributed by atoms with Crippen LogP contribution in [-0.2, 0) is 0 Å². The summed E-state index contributed by atoms with van der Waals surface area (Å²) < 4.78 is -0.624. The van der Waals surface area contributed by atoms with Crippen molar-refractivity contribution in [1.29, 1.82) is 0 Å². The summed E-state index contributed by atoms with van der Waals surface area (Å²) in [4.78, 5) is 23.6. The SMILES string of the molecule is O=C1c2cccc(Br)c2C(=O)C1(Br)Br. The van der Waals surface area contributed by atoms with E-state index in [2.05, 4.69) is 47.8 Å². The first-order valence-corrected chi connectivity index (χ1v) is 6.10. The summed E-state index contributed by atoms with van der Waals surface area (Å²) in [6, 6.07) is 5.12. The predicted molar refractivity (Wildman–Crippen MR) is 63.4 cm³/mol. The number of fused-ring (bicyclic) bond motifs is 1. The normalized spacial score (nSPS) is 18.5. The molecule has 0 N–H and O–H groups in total. The minimum Gasteiger partial charge on any atom is -0.291 e. The Morgan fingerprint density at radius 1 is 1.07 bits per heavy atom. The second kappa shape index (κ2) is 3.25. The fraction of sp³-hybridized carbons (Fsp3) is 0.111. The van der Waals surface area contributed by atoms with E-state index in [0.717, 1.165) is 0 Å². The second-order valence-electron chi connectivity index (χ2n) is 2.90. The van der Waals surface area contributed by atoms with Crippen LogP contribution in [0.25, 0.3) is 0 Å². The van der Waals surface area contributed by atoms with Crippen molar-refractivity contribution in [2.45, 2.75) is 3.23 Å². The molecule has 0 fully saturated rings. The molecule has 0 radical (unpaired) electrons. The molecule has 0 atom stereocenters. The molecule has 0 heterocycles. The molecule has 0 aromatic heterocycles. The first kappa shape index (κ1) is 10.5. The molecule has 5 heteroatoms. The summed E-state index contributed by atoms with van der Waals surface area (Å²) in [6.45, 7) is 0. The molecular formula is C9H3Br3O2. The Hall–Kier alpha value is -0.000000000000000222. The van der Waals surface area contributed by atoms with E-state index in [9.17, 15) is 9.59 Å². The van der Waals surface area contributed by atoms with Crippen molar-refractivity contribution in [1.82, 2.24) is 0 Å². The second-order valence-corrected chi connectivity index (χ2v) is 7.19. The number of ketones is 2. The highest BCUT2D eigenvalue weighted by molar-refractivity contribution is 9.26. The summed E-state index contributed by atoms with van der Waals surface area (Å²) in [5.41, 5.74) is 0.879. The van der Waals surface area contributed by atoms with Crippen molar-refractivity contribution < 1.29 is 9.59 Å². The number of hydrogen-bond donors (Lipinski definition) is 0. The minimum absolute atomic E-state index is 0.251. The first-order chi connectivity index (χ1) is 6.46. The van der Waals surface area contributed by atoms with E-state index in [1.807, 2.05) is 0 Å². The summed E-state index contributed by atoms with van der Waals surface area (Å²) in [6.07, 6.45) is 0. The van der Waals surface area contributed by atoms with Crippen LogP contribution in [0, 0.1) is 0 Å². The quantitative estimate of drug-likeness (QED) is 0.509. The van der Waals surface area contributed by atoms with Crippen LogP contribution in [0.2, 0.25) is 0 Å². The van der Waals surface area contributed by atoms with Crippen molar-refractivity contribution >= 4 is 59.4 Å². The van der Waals surface area contributed by atoms with Crippen LogP contribution >= 0.6 is 47.8 Å². The van der Waals surface area contributed by atoms with E-state index in [1.165, 1.54) is 0 Å². The lowest BCUT2D eigenvalue weighted by molar-refractivity contribution is 0.0922. The maximum absolute atomic E-state index is 11.8. The summed E-state index contributed by atoms with van der Waals surface area (Å²) in [5, 5.41) is 0. The number of carbonyl (C=O) groups is 2. The summed E-state index contributed by atoms with van der Waals surface area (Å²) >= 11 is 9.42. The maximum Gasteiger partial charge on any atom is 0.205 e. The topological polar surface area (TPSA) is 34.1 Å². The van der Waals surface area contributed by atoms with E-state index < -0.39 is 3.23 Å². The molecule has 72 valence electrons. The molecular weight excluding hydrogens is 380 g/mol. The Balaban J connectivity index is 2.77. The zero-order valence-corrected chi connectivity index (χ0v) is 11.4. The van der Waals surface area contributed by atoms with Gasteiger partial charge < -0.3 is 0 Å². The third kappa shape index (κ3) is 1.26. The first-order valence-electron chi connectivity index (χ1n) is 3.72. The molecule has 0 saturated carbocycles. The highest BCUT2D eigenvalue weighted by atomic mass is 79.9. The van der Waals surface area contributed by atoms with Crippen LogP contribution in [0.5, 0.6) is 0 Å². The largest absolute Gasteiger partial charge is 0.291 e. The molecule has 0 saturated heterocycles. The maximum atomic E-state index is 11.8. The van der Waals surface area contributed by atoms with Gasteiger partial charge in [-0.05, 0) is 6.07 Å². The Bertz CT molecular complexity index is 451. The average molecular weight is 383 g/mol. The smallest absolute Gasteiger partial charge is 0.205 e. The number of Topliss-reactive ketones (excluding diaryl/α,β-unsaturated/α-hetero) is 2. The minimum atomic E-state index is -1.27. The molecule has 0 aliphatic heterocycles. The van der Waals surface area contributed by atoms with Gasteiger partial charge in [0.15, 0.2) is 11.6 Å². The van der Waals surface area contributed by atoms with Crippen LogP contribution in [-0.4, -0.2) is 14.8 Å². The van der Waals surface area contributed by atoms with Gasteiger partial charge in [-0.2, -0.15) is 0 Å². The van der Waals surface area contributed by atoms with Gasteiger partial charge in [-0.1, -0.05) is 59.9 Å². The Labute approximate surface area is 105 Å². The number of benzene rings is 1. The van der Waals surface area contributed by atoms with Gasteiger partial charge in [0.25, 0.3) is 0 Å². The van der Waals surface area contributed by atoms with Gasteiger partial charge >= 0.3 is 0 Å². The van der Waals surface area contributed by atoms with E-state index >= 15 is 0 Å². The molecule has 14 heavy (non-hydrogen) atoms. The monoisotopic (exact) mass is 380 g/mol. The lowest BCUT2D eigenvalue weighted by Gasteiger charge is -2.06. The van der Waals surface area contributed by atoms with Gasteiger partial charge in [-0.3, -0.25) is 9.59 Å². The molecule has 1 aromatic rings. The number of halogens is 3. The molecule has 2 nitrogen and oxygen atoms in total. The number of hydrogen-bond acceptors (Lipinski definition) is 2. The molecule has 1 aliphatic rings. The molecule has 0 spiro atoms. The fourth-order valence-electron chi connectivity index (χ4n) is 1.37. The van der Waals surface area contributed by atoms with Crippen LogP contribution in [0.15, 0.2) is 22.7 Å². The molecule has 1 aromatic carbocycles. The van der Waals surface area contributed by atoms with Gasteiger partial charge in [0, 0.05) is 15.6 Å². The average Bonchev–Trinajstić information content (AvgIpc) is 2.30. The van der Waals surface area contributed by atoms with Crippen molar-refractivity contribution in [3.05, 3.63) is 33.8 Å². The standard InChI is InChI=1S/C9H3Br3O2/c10-5-3-1-2-4-6(5)8(14)9(11,12)7(4)13/h1-3H. The van der Waals surface area contributed by atoms with E-state index in [4.69, 9.17) is 0 Å². The summed E-state index contributed by atoms with van der Waals surface area (Å²) in [7, 11) is 0. The van der Waals surface area contributed by atoms with Gasteiger partial charge in [0.2, 0.25) is 3.23 Å². The van der Waals surface area contributed by atoms with Crippen LogP contribution < -0.4 is 0 Å². The van der Waals surface area contributed by atoms with Crippen LogP contribution in [0.3, 0.4) is 0 Å². The Morgan fingerprint density at radius 3 is 2.29 bits per heavy atom. The Kier molecular flexibility index (Phi) is 2.44. The van der Waals surface area contributed by atoms with Crippen molar-refractivity contribution in [2.75, 3.05) is 0 Å². The number of carbonyl (C=O) groups excluding carboxylic acids is 2. The molecule has 0 unspecified atom stereocenters. The highest BCUT2D eigenvalue weighted by Crippen LogP contribution is 2.43. The third-order valence-corrected chi connectivity index (χ3v) is 4.16. The molecule has 2 rings (SSSR count). The van der Waals surface area contributed by atoms with Gasteiger partial charge in [-0.15, -0.1) is 0 Å². The number of rotatable bonds is 0. The zero-order chi connectivity index (χ0) is 10.5. The predicted octanol–water partition coefficient (Wildman–Crippen LogP) is 3.31. The molecule has 1 aliphatic carbocycles. The Morgan fingerprint density at radius 2 is 1.71 bits per heavy atom. The lowest BCUT2D eigenvalue weighted by Crippen LogP contribution is -2.26. The van der Waals surface area contributed by atoms with Crippen LogP contribution in [0.4, 0.5) is 0 Å².